The van der Waals surface area contributed by atoms with Gasteiger partial charge in [-0.2, -0.15) is 5.10 Å². The van der Waals surface area contributed by atoms with Crippen molar-refractivity contribution in [2.24, 2.45) is 11.0 Å². The zero-order valence-corrected chi connectivity index (χ0v) is 9.26. The van der Waals surface area contributed by atoms with Crippen molar-refractivity contribution in [3.63, 3.8) is 0 Å². The second-order valence-corrected chi connectivity index (χ2v) is 4.28. The Balaban J connectivity index is 1.92. The number of nitrogens with zero attached hydrogens (tertiary/aromatic N) is 2. The number of carbonyl (C=O) groups excluding carboxylic acids is 1. The van der Waals surface area contributed by atoms with Gasteiger partial charge >= 0.3 is 0 Å². The van der Waals surface area contributed by atoms with Crippen molar-refractivity contribution in [1.29, 1.82) is 0 Å². The molecule has 1 amide bonds. The highest BCUT2D eigenvalue weighted by Gasteiger charge is 2.37. The normalized spacial score (nSPS) is 23.5. The number of rotatable bonds is 1. The summed E-state index contributed by atoms with van der Waals surface area (Å²) in [6, 6.07) is 6.51. The van der Waals surface area contributed by atoms with Gasteiger partial charge in [0.25, 0.3) is 5.91 Å². The summed E-state index contributed by atoms with van der Waals surface area (Å²) in [5.74, 6) is 0.157. The predicted molar refractivity (Wildman–Crippen MR) is 64.0 cm³/mol. The fourth-order valence-corrected chi connectivity index (χ4v) is 2.23. The zero-order valence-electron chi connectivity index (χ0n) is 9.26. The van der Waals surface area contributed by atoms with Gasteiger partial charge in [0.05, 0.1) is 17.3 Å². The molecule has 1 atom stereocenters. The number of aromatic hydroxyl groups is 1. The molecule has 5 nitrogen and oxygen atoms in total. The third kappa shape index (κ3) is 1.68. The Bertz CT molecular complexity index is 481. The summed E-state index contributed by atoms with van der Waals surface area (Å²) in [6.45, 7) is 1.55. The quantitative estimate of drug-likeness (QED) is 0.748. The van der Waals surface area contributed by atoms with Gasteiger partial charge in [0.15, 0.2) is 0 Å². The molecule has 0 aliphatic carbocycles. The van der Waals surface area contributed by atoms with Gasteiger partial charge in [0.2, 0.25) is 0 Å². The van der Waals surface area contributed by atoms with Crippen molar-refractivity contribution < 1.29 is 9.90 Å². The Kier molecular flexibility index (Phi) is 2.33. The fourth-order valence-electron chi connectivity index (χ4n) is 2.23. The fraction of sp³-hybridized carbons (Fsp3) is 0.333. The van der Waals surface area contributed by atoms with E-state index in [0.717, 1.165) is 18.7 Å². The van der Waals surface area contributed by atoms with E-state index in [4.69, 9.17) is 0 Å². The van der Waals surface area contributed by atoms with Gasteiger partial charge in [-0.15, -0.1) is 0 Å². The lowest BCUT2D eigenvalue weighted by Crippen LogP contribution is -2.38. The third-order valence-corrected chi connectivity index (χ3v) is 3.15. The first-order valence-corrected chi connectivity index (χ1v) is 5.67. The van der Waals surface area contributed by atoms with E-state index in [1.807, 2.05) is 0 Å². The van der Waals surface area contributed by atoms with Crippen LogP contribution in [0.25, 0.3) is 0 Å². The van der Waals surface area contributed by atoms with E-state index in [0.29, 0.717) is 12.2 Å². The number of piperidine rings is 1. The van der Waals surface area contributed by atoms with Crippen molar-refractivity contribution >= 4 is 17.3 Å². The van der Waals surface area contributed by atoms with Crippen LogP contribution in [0.4, 0.5) is 5.69 Å². The number of hydrogen-bond donors (Lipinski definition) is 2. The number of carbonyl (C=O) groups is 1. The first-order chi connectivity index (χ1) is 8.25. The minimum atomic E-state index is -0.0648. The smallest absolute Gasteiger partial charge is 0.256 e. The third-order valence-electron chi connectivity index (χ3n) is 3.15. The molecule has 1 unspecified atom stereocenters. The molecule has 17 heavy (non-hydrogen) atoms. The van der Waals surface area contributed by atoms with E-state index in [1.54, 1.807) is 24.3 Å². The summed E-state index contributed by atoms with van der Waals surface area (Å²) in [6.07, 6.45) is 0.812. The van der Waals surface area contributed by atoms with Crippen LogP contribution in [-0.4, -0.2) is 29.8 Å². The Morgan fingerprint density at radius 1 is 1.35 bits per heavy atom. The topological polar surface area (TPSA) is 64.9 Å². The highest BCUT2D eigenvalue weighted by atomic mass is 16.3. The molecule has 2 N–H and O–H groups in total. The maximum atomic E-state index is 12.1. The lowest BCUT2D eigenvalue weighted by molar-refractivity contribution is -0.120. The Hall–Kier alpha value is -1.88. The monoisotopic (exact) mass is 231 g/mol. The van der Waals surface area contributed by atoms with Crippen LogP contribution in [0.5, 0.6) is 5.75 Å². The van der Waals surface area contributed by atoms with Gasteiger partial charge in [0, 0.05) is 6.54 Å². The van der Waals surface area contributed by atoms with Crippen molar-refractivity contribution in [1.82, 2.24) is 5.32 Å². The Morgan fingerprint density at radius 2 is 2.12 bits per heavy atom. The van der Waals surface area contributed by atoms with Gasteiger partial charge in [-0.1, -0.05) is 0 Å². The molecule has 2 heterocycles. The molecular weight excluding hydrogens is 218 g/mol. The molecule has 3 rings (SSSR count). The Morgan fingerprint density at radius 3 is 2.82 bits per heavy atom. The van der Waals surface area contributed by atoms with E-state index in [1.165, 1.54) is 5.01 Å². The van der Waals surface area contributed by atoms with Gasteiger partial charge in [-0.25, -0.2) is 5.01 Å². The summed E-state index contributed by atoms with van der Waals surface area (Å²) in [4.78, 5) is 12.1. The number of benzene rings is 1. The number of hydrogen-bond acceptors (Lipinski definition) is 4. The van der Waals surface area contributed by atoms with Crippen molar-refractivity contribution in [2.75, 3.05) is 18.1 Å². The SMILES string of the molecule is O=C1C2CCNCC2=NN1c1ccc(O)cc1. The van der Waals surface area contributed by atoms with E-state index in [2.05, 4.69) is 10.4 Å². The molecule has 0 spiro atoms. The summed E-state index contributed by atoms with van der Waals surface area (Å²) in [5, 5.41) is 18.2. The van der Waals surface area contributed by atoms with Crippen LogP contribution in [-0.2, 0) is 4.79 Å². The van der Waals surface area contributed by atoms with E-state index in [-0.39, 0.29) is 17.6 Å². The van der Waals surface area contributed by atoms with Crippen LogP contribution in [0.3, 0.4) is 0 Å². The summed E-state index contributed by atoms with van der Waals surface area (Å²) < 4.78 is 0. The van der Waals surface area contributed by atoms with Crippen LogP contribution >= 0.6 is 0 Å². The predicted octanol–water partition coefficient (Wildman–Crippen LogP) is 0.704. The molecule has 0 saturated carbocycles. The number of hydrazone groups is 1. The Labute approximate surface area is 98.7 Å². The highest BCUT2D eigenvalue weighted by Crippen LogP contribution is 2.27. The number of phenols is 1. The number of anilines is 1. The van der Waals surface area contributed by atoms with Crippen LogP contribution in [0.15, 0.2) is 29.4 Å². The largest absolute Gasteiger partial charge is 0.508 e. The van der Waals surface area contributed by atoms with Crippen LogP contribution < -0.4 is 10.3 Å². The number of fused-ring (bicyclic) bond motifs is 1. The second-order valence-electron chi connectivity index (χ2n) is 4.28. The maximum Gasteiger partial charge on any atom is 0.256 e. The van der Waals surface area contributed by atoms with Gasteiger partial charge in [0.1, 0.15) is 5.75 Å². The van der Waals surface area contributed by atoms with Crippen molar-refractivity contribution in [3.8, 4) is 5.75 Å². The van der Waals surface area contributed by atoms with Crippen LogP contribution in [0, 0.1) is 5.92 Å². The van der Waals surface area contributed by atoms with Gasteiger partial charge in [-0.05, 0) is 37.2 Å². The lowest BCUT2D eigenvalue weighted by Gasteiger charge is -2.17. The van der Waals surface area contributed by atoms with E-state index < -0.39 is 0 Å². The van der Waals surface area contributed by atoms with Crippen molar-refractivity contribution in [2.45, 2.75) is 6.42 Å². The summed E-state index contributed by atoms with van der Waals surface area (Å²) in [5.41, 5.74) is 1.61. The molecule has 1 aromatic rings. The molecule has 1 fully saturated rings. The van der Waals surface area contributed by atoms with Gasteiger partial charge in [-0.3, -0.25) is 4.79 Å². The van der Waals surface area contributed by atoms with Crippen molar-refractivity contribution in [3.05, 3.63) is 24.3 Å². The summed E-state index contributed by atoms with van der Waals surface area (Å²) in [7, 11) is 0. The minimum absolute atomic E-state index is 0.0344. The molecule has 1 aromatic carbocycles. The average molecular weight is 231 g/mol. The maximum absolute atomic E-state index is 12.1. The number of amides is 1. The molecule has 0 radical (unpaired) electrons. The number of nitrogens with one attached hydrogen (secondary N) is 1. The standard InChI is InChI=1S/C12H13N3O2/c16-9-3-1-8(2-4-9)15-12(17)10-5-6-13-7-11(10)14-15/h1-4,10,13,16H,5-7H2. The van der Waals surface area contributed by atoms with Crippen LogP contribution in [0.2, 0.25) is 0 Å². The number of phenolic OH excluding ortho intramolecular Hbond substituents is 1. The molecule has 0 aromatic heterocycles. The molecule has 2 aliphatic rings. The molecule has 2 aliphatic heterocycles. The first kappa shape index (κ1) is 10.3. The zero-order chi connectivity index (χ0) is 11.8. The minimum Gasteiger partial charge on any atom is -0.508 e. The molecule has 88 valence electrons. The molecule has 1 saturated heterocycles. The molecule has 0 bridgehead atoms. The molecule has 5 heteroatoms. The molecular formula is C12H13N3O2. The lowest BCUT2D eigenvalue weighted by atomic mass is 9.96. The van der Waals surface area contributed by atoms with Gasteiger partial charge < -0.3 is 10.4 Å². The average Bonchev–Trinajstić information content (AvgIpc) is 2.69. The summed E-state index contributed by atoms with van der Waals surface area (Å²) >= 11 is 0. The van der Waals surface area contributed by atoms with E-state index in [9.17, 15) is 9.90 Å². The van der Waals surface area contributed by atoms with Crippen LogP contribution in [0.1, 0.15) is 6.42 Å². The highest BCUT2D eigenvalue weighted by molar-refractivity contribution is 6.16. The van der Waals surface area contributed by atoms with E-state index >= 15 is 0 Å². The first-order valence-electron chi connectivity index (χ1n) is 5.67. The second kappa shape index (κ2) is 3.85.